The van der Waals surface area contributed by atoms with E-state index in [1.54, 1.807) is 19.2 Å². The quantitative estimate of drug-likeness (QED) is 0.377. The summed E-state index contributed by atoms with van der Waals surface area (Å²) < 4.78 is 2.73. The largest absolute Gasteiger partial charge is 0.327 e. The molecule has 0 bridgehead atoms. The first-order chi connectivity index (χ1) is 9.04. The van der Waals surface area contributed by atoms with E-state index in [0.29, 0.717) is 6.54 Å². The molecule has 1 N–H and O–H groups in total. The normalized spacial score (nSPS) is 10.0. The third-order valence-electron chi connectivity index (χ3n) is 2.38. The monoisotopic (exact) mass is 283 g/mol. The molecule has 0 fully saturated rings. The molecule has 0 unspecified atom stereocenters. The molecule has 0 saturated carbocycles. The van der Waals surface area contributed by atoms with E-state index in [1.807, 2.05) is 6.92 Å². The van der Waals surface area contributed by atoms with Gasteiger partial charge < -0.3 is 4.90 Å². The fourth-order valence-electron chi connectivity index (χ4n) is 1.36. The molecule has 1 aromatic carbocycles. The minimum Gasteiger partial charge on any atom is -0.323 e. The number of hydrogen-bond donors (Lipinski definition) is 1. The van der Waals surface area contributed by atoms with Gasteiger partial charge in [0.1, 0.15) is 0 Å². The standard InChI is InChI=1S/C12H17N3O3S/c1-3-8-19-13-12(16)14(2)9-10-4-6-11(7-5-10)15(17)18/h4-7H,3,8-9H2,1-2H3,(H,13,16). The van der Waals surface area contributed by atoms with Gasteiger partial charge >= 0.3 is 6.03 Å². The zero-order chi connectivity index (χ0) is 14.3. The highest BCUT2D eigenvalue weighted by Gasteiger charge is 2.10. The fraction of sp³-hybridized carbons (Fsp3) is 0.417. The molecule has 0 aliphatic carbocycles. The van der Waals surface area contributed by atoms with E-state index in [2.05, 4.69) is 4.72 Å². The van der Waals surface area contributed by atoms with Crippen LogP contribution in [0.4, 0.5) is 10.5 Å². The maximum absolute atomic E-state index is 11.7. The lowest BCUT2D eigenvalue weighted by Crippen LogP contribution is -2.33. The summed E-state index contributed by atoms with van der Waals surface area (Å²) in [7, 11) is 1.68. The third kappa shape index (κ3) is 5.17. The molecule has 0 aliphatic rings. The van der Waals surface area contributed by atoms with Gasteiger partial charge in [0.05, 0.1) is 4.92 Å². The van der Waals surface area contributed by atoms with Crippen molar-refractivity contribution in [3.05, 3.63) is 39.9 Å². The Labute approximate surface area is 116 Å². The highest BCUT2D eigenvalue weighted by atomic mass is 32.2. The van der Waals surface area contributed by atoms with Crippen LogP contribution in [0, 0.1) is 10.1 Å². The van der Waals surface area contributed by atoms with E-state index in [-0.39, 0.29) is 11.7 Å². The SMILES string of the molecule is CCCSNC(=O)N(C)Cc1ccc([N+](=O)[O-])cc1. The second-order valence-corrected chi connectivity index (χ2v) is 4.94. The molecular formula is C12H17N3O3S. The van der Waals surface area contributed by atoms with Crippen molar-refractivity contribution in [3.63, 3.8) is 0 Å². The molecule has 0 saturated heterocycles. The van der Waals surface area contributed by atoms with Gasteiger partial charge in [-0.25, -0.2) is 4.79 Å². The molecule has 0 heterocycles. The van der Waals surface area contributed by atoms with E-state index in [0.717, 1.165) is 17.7 Å². The predicted octanol–water partition coefficient (Wildman–Crippen LogP) is 2.79. The van der Waals surface area contributed by atoms with E-state index in [4.69, 9.17) is 0 Å². The first-order valence-electron chi connectivity index (χ1n) is 5.90. The van der Waals surface area contributed by atoms with Gasteiger partial charge in [-0.2, -0.15) is 0 Å². The topological polar surface area (TPSA) is 75.5 Å². The van der Waals surface area contributed by atoms with Crippen LogP contribution in [0.15, 0.2) is 24.3 Å². The lowest BCUT2D eigenvalue weighted by atomic mass is 10.2. The molecule has 2 amide bonds. The zero-order valence-corrected chi connectivity index (χ0v) is 11.8. The number of urea groups is 1. The van der Waals surface area contributed by atoms with Crippen LogP contribution in [-0.4, -0.2) is 28.7 Å². The number of nitrogens with zero attached hydrogens (tertiary/aromatic N) is 2. The number of benzene rings is 1. The second-order valence-electron chi connectivity index (χ2n) is 4.04. The highest BCUT2D eigenvalue weighted by molar-refractivity contribution is 7.97. The van der Waals surface area contributed by atoms with Gasteiger partial charge in [-0.1, -0.05) is 19.1 Å². The number of hydrogen-bond acceptors (Lipinski definition) is 4. The van der Waals surface area contributed by atoms with Gasteiger partial charge in [0, 0.05) is 31.5 Å². The van der Waals surface area contributed by atoms with Crippen molar-refractivity contribution >= 4 is 23.7 Å². The van der Waals surface area contributed by atoms with Gasteiger partial charge in [0.15, 0.2) is 0 Å². The number of amides is 2. The van der Waals surface area contributed by atoms with Crippen LogP contribution < -0.4 is 4.72 Å². The Bertz CT molecular complexity index is 436. The molecule has 0 spiro atoms. The summed E-state index contributed by atoms with van der Waals surface area (Å²) in [5.74, 6) is 0.872. The molecule has 7 heteroatoms. The number of nitrogens with one attached hydrogen (secondary N) is 1. The molecule has 6 nitrogen and oxygen atoms in total. The summed E-state index contributed by atoms with van der Waals surface area (Å²) in [6.07, 6.45) is 0.997. The zero-order valence-electron chi connectivity index (χ0n) is 11.0. The molecule has 0 aromatic heterocycles. The molecule has 19 heavy (non-hydrogen) atoms. The minimum atomic E-state index is -0.443. The molecular weight excluding hydrogens is 266 g/mol. The number of carbonyl (C=O) groups excluding carboxylic acids is 1. The van der Waals surface area contributed by atoms with Crippen LogP contribution in [0.25, 0.3) is 0 Å². The maximum atomic E-state index is 11.7. The smallest absolute Gasteiger partial charge is 0.323 e. The van der Waals surface area contributed by atoms with Gasteiger partial charge in [-0.3, -0.25) is 14.8 Å². The van der Waals surface area contributed by atoms with Crippen molar-refractivity contribution in [2.75, 3.05) is 12.8 Å². The van der Waals surface area contributed by atoms with Crippen molar-refractivity contribution < 1.29 is 9.72 Å². The molecule has 1 aromatic rings. The van der Waals surface area contributed by atoms with Crippen molar-refractivity contribution in [1.82, 2.24) is 9.62 Å². The van der Waals surface area contributed by atoms with E-state index in [1.165, 1.54) is 29.0 Å². The summed E-state index contributed by atoms with van der Waals surface area (Å²) in [5, 5.41) is 10.5. The van der Waals surface area contributed by atoms with E-state index >= 15 is 0 Å². The van der Waals surface area contributed by atoms with Crippen molar-refractivity contribution in [2.24, 2.45) is 0 Å². The summed E-state index contributed by atoms with van der Waals surface area (Å²) >= 11 is 1.38. The van der Waals surface area contributed by atoms with Crippen LogP contribution in [0.1, 0.15) is 18.9 Å². The van der Waals surface area contributed by atoms with Gasteiger partial charge in [0.25, 0.3) is 5.69 Å². The maximum Gasteiger partial charge on any atom is 0.327 e. The van der Waals surface area contributed by atoms with Gasteiger partial charge in [0.2, 0.25) is 0 Å². The summed E-state index contributed by atoms with van der Waals surface area (Å²) in [6, 6.07) is 6.01. The Hall–Kier alpha value is -1.76. The number of nitro benzene ring substituents is 1. The average Bonchev–Trinajstić information content (AvgIpc) is 2.39. The van der Waals surface area contributed by atoms with Crippen LogP contribution >= 0.6 is 11.9 Å². The first-order valence-corrected chi connectivity index (χ1v) is 6.89. The van der Waals surface area contributed by atoms with Crippen LogP contribution in [0.5, 0.6) is 0 Å². The minimum absolute atomic E-state index is 0.0503. The van der Waals surface area contributed by atoms with Crippen LogP contribution in [0.2, 0.25) is 0 Å². The molecule has 0 atom stereocenters. The first kappa shape index (κ1) is 15.3. The Kier molecular flexibility index (Phi) is 6.14. The molecule has 1 rings (SSSR count). The fourth-order valence-corrected chi connectivity index (χ4v) is 1.95. The van der Waals surface area contributed by atoms with Crippen molar-refractivity contribution in [3.8, 4) is 0 Å². The Morgan fingerprint density at radius 3 is 2.58 bits per heavy atom. The van der Waals surface area contributed by atoms with E-state index < -0.39 is 4.92 Å². The summed E-state index contributed by atoms with van der Waals surface area (Å²) in [4.78, 5) is 23.3. The van der Waals surface area contributed by atoms with Gasteiger partial charge in [-0.05, 0) is 23.9 Å². The molecule has 104 valence electrons. The average molecular weight is 283 g/mol. The van der Waals surface area contributed by atoms with E-state index in [9.17, 15) is 14.9 Å². The number of carbonyl (C=O) groups is 1. The summed E-state index contributed by atoms with van der Waals surface area (Å²) in [6.45, 7) is 2.45. The number of rotatable bonds is 6. The van der Waals surface area contributed by atoms with Crippen LogP contribution in [-0.2, 0) is 6.54 Å². The van der Waals surface area contributed by atoms with Crippen molar-refractivity contribution in [1.29, 1.82) is 0 Å². The predicted molar refractivity (Wildman–Crippen MR) is 75.8 cm³/mol. The molecule has 0 aliphatic heterocycles. The highest BCUT2D eigenvalue weighted by Crippen LogP contribution is 2.13. The Balaban J connectivity index is 2.49. The number of non-ortho nitro benzene ring substituents is 1. The second kappa shape index (κ2) is 7.63. The lowest BCUT2D eigenvalue weighted by molar-refractivity contribution is -0.384. The Morgan fingerprint density at radius 2 is 2.05 bits per heavy atom. The lowest BCUT2D eigenvalue weighted by Gasteiger charge is -2.17. The summed E-state index contributed by atoms with van der Waals surface area (Å²) in [5.41, 5.74) is 0.901. The number of nitro groups is 1. The third-order valence-corrected chi connectivity index (χ3v) is 3.31. The molecule has 0 radical (unpaired) electrons. The van der Waals surface area contributed by atoms with Crippen LogP contribution in [0.3, 0.4) is 0 Å². The van der Waals surface area contributed by atoms with Crippen molar-refractivity contribution in [2.45, 2.75) is 19.9 Å². The van der Waals surface area contributed by atoms with Gasteiger partial charge in [-0.15, -0.1) is 0 Å². The Morgan fingerprint density at radius 1 is 1.42 bits per heavy atom.